The van der Waals surface area contributed by atoms with E-state index in [1.807, 2.05) is 30.3 Å². The summed E-state index contributed by atoms with van der Waals surface area (Å²) in [7, 11) is 1.70. The fraction of sp³-hybridized carbons (Fsp3) is 0.286. The number of nitrogens with one attached hydrogen (secondary N) is 2. The minimum atomic E-state index is 0.339. The lowest BCUT2D eigenvalue weighted by Crippen LogP contribution is -2.45. The molecular weight excluding hydrogens is 324 g/mol. The Morgan fingerprint density at radius 2 is 1.92 bits per heavy atom. The summed E-state index contributed by atoms with van der Waals surface area (Å²) in [5.41, 5.74) is 4.60. The number of aromatic nitrogens is 2. The lowest BCUT2D eigenvalue weighted by atomic mass is 10.0. The molecule has 2 heterocycles. The molecular formula is C21H24N4O. The average molecular weight is 348 g/mol. The largest absolute Gasteiger partial charge is 0.497 e. The van der Waals surface area contributed by atoms with Crippen molar-refractivity contribution in [3.63, 3.8) is 0 Å². The Kier molecular flexibility index (Phi) is 5.00. The molecule has 0 bridgehead atoms. The Morgan fingerprint density at radius 1 is 1.12 bits per heavy atom. The van der Waals surface area contributed by atoms with Crippen molar-refractivity contribution in [2.45, 2.75) is 12.6 Å². The summed E-state index contributed by atoms with van der Waals surface area (Å²) in [6, 6.07) is 21.1. The molecule has 0 aliphatic carbocycles. The number of rotatable bonds is 5. The molecule has 1 fully saturated rings. The van der Waals surface area contributed by atoms with E-state index in [-0.39, 0.29) is 0 Å². The molecule has 1 saturated heterocycles. The van der Waals surface area contributed by atoms with Crippen LogP contribution in [0, 0.1) is 0 Å². The normalized spacial score (nSPS) is 18.0. The predicted octanol–water partition coefficient (Wildman–Crippen LogP) is 3.23. The van der Waals surface area contributed by atoms with Gasteiger partial charge in [-0.2, -0.15) is 5.10 Å². The van der Waals surface area contributed by atoms with Crippen LogP contribution in [0.25, 0.3) is 11.3 Å². The van der Waals surface area contributed by atoms with E-state index in [0.29, 0.717) is 6.04 Å². The molecule has 1 unspecified atom stereocenters. The topological polar surface area (TPSA) is 53.2 Å². The molecule has 3 aromatic rings. The van der Waals surface area contributed by atoms with Gasteiger partial charge in [-0.15, -0.1) is 0 Å². The third kappa shape index (κ3) is 3.79. The maximum Gasteiger partial charge on any atom is 0.118 e. The van der Waals surface area contributed by atoms with Crippen LogP contribution in [0.4, 0.5) is 0 Å². The summed E-state index contributed by atoms with van der Waals surface area (Å²) in [6.07, 6.45) is 0. The average Bonchev–Trinajstić information content (AvgIpc) is 3.17. The second-order valence-corrected chi connectivity index (χ2v) is 6.66. The van der Waals surface area contributed by atoms with Gasteiger partial charge in [0, 0.05) is 43.5 Å². The van der Waals surface area contributed by atoms with Crippen LogP contribution in [0.3, 0.4) is 0 Å². The van der Waals surface area contributed by atoms with Crippen LogP contribution in [-0.4, -0.2) is 41.8 Å². The van der Waals surface area contributed by atoms with E-state index in [1.54, 1.807) is 7.11 Å². The summed E-state index contributed by atoms with van der Waals surface area (Å²) in [5.74, 6) is 0.896. The highest BCUT2D eigenvalue weighted by Crippen LogP contribution is 2.22. The summed E-state index contributed by atoms with van der Waals surface area (Å²) in [6.45, 7) is 3.88. The van der Waals surface area contributed by atoms with E-state index < -0.39 is 0 Å². The Balaban J connectivity index is 1.41. The lowest BCUT2D eigenvalue weighted by Gasteiger charge is -2.33. The fourth-order valence-electron chi connectivity index (χ4n) is 3.45. The van der Waals surface area contributed by atoms with Gasteiger partial charge < -0.3 is 10.1 Å². The number of piperazine rings is 1. The van der Waals surface area contributed by atoms with Gasteiger partial charge in [-0.05, 0) is 23.8 Å². The second-order valence-electron chi connectivity index (χ2n) is 6.66. The van der Waals surface area contributed by atoms with Crippen LogP contribution in [0.5, 0.6) is 5.75 Å². The molecule has 1 aromatic heterocycles. The Hall–Kier alpha value is -2.63. The van der Waals surface area contributed by atoms with Crippen LogP contribution >= 0.6 is 0 Å². The molecule has 1 aliphatic rings. The van der Waals surface area contributed by atoms with E-state index in [1.165, 1.54) is 5.56 Å². The van der Waals surface area contributed by atoms with E-state index in [2.05, 4.69) is 50.7 Å². The van der Waals surface area contributed by atoms with E-state index >= 15 is 0 Å². The molecule has 2 aromatic carbocycles. The van der Waals surface area contributed by atoms with Crippen LogP contribution in [0.15, 0.2) is 60.7 Å². The first-order chi connectivity index (χ1) is 12.8. The van der Waals surface area contributed by atoms with Gasteiger partial charge >= 0.3 is 0 Å². The quantitative estimate of drug-likeness (QED) is 0.743. The number of methoxy groups -OCH3 is 1. The zero-order chi connectivity index (χ0) is 17.8. The number of hydrogen-bond donors (Lipinski definition) is 2. The summed E-state index contributed by atoms with van der Waals surface area (Å²) in [5, 5.41) is 11.3. The fourth-order valence-corrected chi connectivity index (χ4v) is 3.45. The Bertz CT molecular complexity index is 829. The molecule has 0 saturated carbocycles. The van der Waals surface area contributed by atoms with Gasteiger partial charge in [0.1, 0.15) is 5.75 Å². The molecule has 1 aliphatic heterocycles. The SMILES string of the molecule is COc1ccc(C2CN(Cc3cc(-c4ccccc4)n[nH]3)CCN2)cc1. The highest BCUT2D eigenvalue weighted by Gasteiger charge is 2.21. The molecule has 0 spiro atoms. The first-order valence-electron chi connectivity index (χ1n) is 9.01. The first-order valence-corrected chi connectivity index (χ1v) is 9.01. The highest BCUT2D eigenvalue weighted by atomic mass is 16.5. The van der Waals surface area contributed by atoms with Gasteiger partial charge in [0.2, 0.25) is 0 Å². The molecule has 0 amide bonds. The maximum atomic E-state index is 5.25. The monoisotopic (exact) mass is 348 g/mol. The highest BCUT2D eigenvalue weighted by molar-refractivity contribution is 5.58. The maximum absolute atomic E-state index is 5.25. The van der Waals surface area contributed by atoms with E-state index in [4.69, 9.17) is 4.74 Å². The second kappa shape index (κ2) is 7.72. The smallest absolute Gasteiger partial charge is 0.118 e. The summed E-state index contributed by atoms with van der Waals surface area (Å²) < 4.78 is 5.25. The van der Waals surface area contributed by atoms with Gasteiger partial charge in [0.05, 0.1) is 12.8 Å². The van der Waals surface area contributed by atoms with E-state index in [0.717, 1.165) is 48.9 Å². The minimum absolute atomic E-state index is 0.339. The molecule has 0 radical (unpaired) electrons. The number of nitrogens with zero attached hydrogens (tertiary/aromatic N) is 2. The third-order valence-electron chi connectivity index (χ3n) is 4.87. The zero-order valence-corrected chi connectivity index (χ0v) is 15.0. The van der Waals surface area contributed by atoms with Gasteiger partial charge in [-0.25, -0.2) is 0 Å². The molecule has 4 rings (SSSR count). The van der Waals surface area contributed by atoms with Crippen LogP contribution in [-0.2, 0) is 6.54 Å². The minimum Gasteiger partial charge on any atom is -0.497 e. The van der Waals surface area contributed by atoms with Crippen molar-refractivity contribution < 1.29 is 4.74 Å². The number of ether oxygens (including phenoxy) is 1. The predicted molar refractivity (Wildman–Crippen MR) is 103 cm³/mol. The van der Waals surface area contributed by atoms with Crippen LogP contribution in [0.2, 0.25) is 0 Å². The third-order valence-corrected chi connectivity index (χ3v) is 4.87. The van der Waals surface area contributed by atoms with Crippen molar-refractivity contribution >= 4 is 0 Å². The zero-order valence-electron chi connectivity index (χ0n) is 15.0. The van der Waals surface area contributed by atoms with Crippen molar-refractivity contribution in [1.29, 1.82) is 0 Å². The van der Waals surface area contributed by atoms with Crippen molar-refractivity contribution in [2.24, 2.45) is 0 Å². The summed E-state index contributed by atoms with van der Waals surface area (Å²) >= 11 is 0. The van der Waals surface area contributed by atoms with Gasteiger partial charge in [-0.1, -0.05) is 42.5 Å². The van der Waals surface area contributed by atoms with Crippen LogP contribution in [0.1, 0.15) is 17.3 Å². The van der Waals surface area contributed by atoms with Crippen molar-refractivity contribution in [3.8, 4) is 17.0 Å². The molecule has 1 atom stereocenters. The molecule has 5 heteroatoms. The standard InChI is InChI=1S/C21H24N4O/c1-26-19-9-7-17(8-10-19)21-15-25(12-11-22-21)14-18-13-20(24-23-18)16-5-3-2-4-6-16/h2-10,13,21-22H,11-12,14-15H2,1H3,(H,23,24). The number of aromatic amines is 1. The Labute approximate surface area is 154 Å². The molecule has 5 nitrogen and oxygen atoms in total. The molecule has 134 valence electrons. The summed E-state index contributed by atoms with van der Waals surface area (Å²) in [4.78, 5) is 2.47. The number of benzene rings is 2. The van der Waals surface area contributed by atoms with Crippen molar-refractivity contribution in [2.75, 3.05) is 26.7 Å². The van der Waals surface area contributed by atoms with Crippen molar-refractivity contribution in [3.05, 3.63) is 71.9 Å². The number of H-pyrrole nitrogens is 1. The van der Waals surface area contributed by atoms with Gasteiger partial charge in [0.15, 0.2) is 0 Å². The van der Waals surface area contributed by atoms with Crippen LogP contribution < -0.4 is 10.1 Å². The van der Waals surface area contributed by atoms with Gasteiger partial charge in [0.25, 0.3) is 0 Å². The number of hydrogen-bond acceptors (Lipinski definition) is 4. The van der Waals surface area contributed by atoms with Crippen molar-refractivity contribution in [1.82, 2.24) is 20.4 Å². The van der Waals surface area contributed by atoms with Gasteiger partial charge in [-0.3, -0.25) is 10.00 Å². The molecule has 26 heavy (non-hydrogen) atoms. The lowest BCUT2D eigenvalue weighted by molar-refractivity contribution is 0.191. The van der Waals surface area contributed by atoms with E-state index in [9.17, 15) is 0 Å². The first kappa shape index (κ1) is 16.8. The molecule has 2 N–H and O–H groups in total. The Morgan fingerprint density at radius 3 is 2.69 bits per heavy atom.